The summed E-state index contributed by atoms with van der Waals surface area (Å²) in [6, 6.07) is 7.65. The number of nitrogens with zero attached hydrogens (tertiary/aromatic N) is 1. The van der Waals surface area contributed by atoms with Crippen LogP contribution in [0.25, 0.3) is 10.8 Å². The van der Waals surface area contributed by atoms with Gasteiger partial charge in [-0.1, -0.05) is 39.0 Å². The van der Waals surface area contributed by atoms with E-state index in [4.69, 9.17) is 0 Å². The Hall–Kier alpha value is -1.97. The van der Waals surface area contributed by atoms with E-state index in [9.17, 15) is 14.5 Å². The van der Waals surface area contributed by atoms with Crippen molar-refractivity contribution in [3.8, 4) is 0 Å². The Bertz CT molecular complexity index is 629. The molecule has 94 valence electrons. The molecule has 0 fully saturated rings. The molecule has 2 aromatic carbocycles. The highest BCUT2D eigenvalue weighted by Gasteiger charge is 2.23. The fourth-order valence-corrected chi connectivity index (χ4v) is 2.15. The monoisotopic (exact) mass is 247 g/mol. The number of hydrogen-bond acceptors (Lipinski definition) is 2. The maximum Gasteiger partial charge on any atom is 0.280 e. The molecule has 0 aliphatic carbocycles. The third-order valence-electron chi connectivity index (χ3n) is 2.97. The van der Waals surface area contributed by atoms with Crippen LogP contribution in [0.5, 0.6) is 0 Å². The van der Waals surface area contributed by atoms with Gasteiger partial charge in [0, 0.05) is 6.07 Å². The van der Waals surface area contributed by atoms with Gasteiger partial charge in [0.25, 0.3) is 5.69 Å². The van der Waals surface area contributed by atoms with Crippen LogP contribution in [-0.4, -0.2) is 4.92 Å². The number of hydrogen-bond donors (Lipinski definition) is 0. The number of nitro benzene ring substituents is 1. The lowest BCUT2D eigenvalue weighted by molar-refractivity contribution is -0.383. The minimum absolute atomic E-state index is 0.0925. The molecule has 0 N–H and O–H groups in total. The van der Waals surface area contributed by atoms with E-state index in [1.165, 1.54) is 12.1 Å². The lowest BCUT2D eigenvalue weighted by Crippen LogP contribution is -2.12. The second-order valence-corrected chi connectivity index (χ2v) is 5.30. The molecule has 0 bridgehead atoms. The van der Waals surface area contributed by atoms with Crippen molar-refractivity contribution in [1.29, 1.82) is 0 Å². The first-order valence-corrected chi connectivity index (χ1v) is 5.68. The van der Waals surface area contributed by atoms with Gasteiger partial charge in [-0.3, -0.25) is 10.1 Å². The van der Waals surface area contributed by atoms with Gasteiger partial charge >= 0.3 is 0 Å². The van der Waals surface area contributed by atoms with E-state index < -0.39 is 10.7 Å². The summed E-state index contributed by atoms with van der Waals surface area (Å²) in [7, 11) is 0. The maximum atomic E-state index is 13.9. The molecule has 0 radical (unpaired) electrons. The van der Waals surface area contributed by atoms with Gasteiger partial charge in [0.15, 0.2) is 0 Å². The van der Waals surface area contributed by atoms with Gasteiger partial charge < -0.3 is 0 Å². The Balaban J connectivity index is 2.93. The normalized spacial score (nSPS) is 11.8. The summed E-state index contributed by atoms with van der Waals surface area (Å²) in [6.07, 6.45) is 0. The summed E-state index contributed by atoms with van der Waals surface area (Å²) in [4.78, 5) is 10.4. The van der Waals surface area contributed by atoms with Gasteiger partial charge in [0.1, 0.15) is 5.82 Å². The first kappa shape index (κ1) is 12.5. The average Bonchev–Trinajstić information content (AvgIpc) is 2.26. The number of benzene rings is 2. The van der Waals surface area contributed by atoms with Crippen molar-refractivity contribution in [3.63, 3.8) is 0 Å². The zero-order chi connectivity index (χ0) is 13.5. The molecule has 0 aliphatic rings. The zero-order valence-corrected chi connectivity index (χ0v) is 10.5. The molecule has 0 aliphatic heterocycles. The van der Waals surface area contributed by atoms with E-state index in [1.54, 1.807) is 18.2 Å². The van der Waals surface area contributed by atoms with Crippen LogP contribution < -0.4 is 0 Å². The van der Waals surface area contributed by atoms with E-state index in [0.717, 1.165) is 5.56 Å². The molecule has 0 amide bonds. The molecular formula is C14H14FNO2. The first-order valence-electron chi connectivity index (χ1n) is 5.68. The lowest BCUT2D eigenvalue weighted by Gasteiger charge is -2.21. The van der Waals surface area contributed by atoms with Crippen molar-refractivity contribution < 1.29 is 9.31 Å². The summed E-state index contributed by atoms with van der Waals surface area (Å²) >= 11 is 0. The molecule has 0 aromatic heterocycles. The first-order chi connectivity index (χ1) is 8.32. The SMILES string of the molecule is CC(C)(C)c1ccc([N+](=O)[O-])c2c(F)cccc12. The van der Waals surface area contributed by atoms with Gasteiger partial charge in [-0.15, -0.1) is 0 Å². The Morgan fingerprint density at radius 3 is 2.39 bits per heavy atom. The largest absolute Gasteiger partial charge is 0.280 e. The minimum atomic E-state index is -0.551. The fraction of sp³-hybridized carbons (Fsp3) is 0.286. The standard InChI is InChI=1S/C14H14FNO2/c1-14(2,3)10-7-8-12(16(17)18)13-9(10)5-4-6-11(13)15/h4-8H,1-3H3. The molecule has 0 unspecified atom stereocenters. The summed E-state index contributed by atoms with van der Waals surface area (Å²) in [5.74, 6) is -0.551. The number of nitro groups is 1. The van der Waals surface area contributed by atoms with E-state index in [1.807, 2.05) is 20.8 Å². The van der Waals surface area contributed by atoms with Gasteiger partial charge in [-0.2, -0.15) is 0 Å². The molecule has 0 spiro atoms. The Kier molecular flexibility index (Phi) is 2.81. The van der Waals surface area contributed by atoms with Crippen molar-refractivity contribution in [2.45, 2.75) is 26.2 Å². The van der Waals surface area contributed by atoms with E-state index in [2.05, 4.69) is 0 Å². The van der Waals surface area contributed by atoms with Crippen LogP contribution in [0, 0.1) is 15.9 Å². The molecule has 3 nitrogen and oxygen atoms in total. The highest BCUT2D eigenvalue weighted by molar-refractivity contribution is 5.94. The molecule has 0 atom stereocenters. The van der Waals surface area contributed by atoms with Crippen LogP contribution in [0.15, 0.2) is 30.3 Å². The number of halogens is 1. The van der Waals surface area contributed by atoms with Crippen LogP contribution in [0.4, 0.5) is 10.1 Å². The van der Waals surface area contributed by atoms with E-state index >= 15 is 0 Å². The third kappa shape index (κ3) is 1.94. The van der Waals surface area contributed by atoms with Gasteiger partial charge in [-0.05, 0) is 22.4 Å². The summed E-state index contributed by atoms with van der Waals surface area (Å²) in [5.41, 5.74) is 0.528. The van der Waals surface area contributed by atoms with E-state index in [-0.39, 0.29) is 16.5 Å². The smallest absolute Gasteiger partial charge is 0.258 e. The lowest BCUT2D eigenvalue weighted by atomic mass is 9.83. The van der Waals surface area contributed by atoms with Crippen molar-refractivity contribution in [1.82, 2.24) is 0 Å². The van der Waals surface area contributed by atoms with Gasteiger partial charge in [0.05, 0.1) is 10.3 Å². The highest BCUT2D eigenvalue weighted by Crippen LogP contribution is 2.36. The van der Waals surface area contributed by atoms with Crippen molar-refractivity contribution in [3.05, 3.63) is 51.8 Å². The van der Waals surface area contributed by atoms with Crippen molar-refractivity contribution >= 4 is 16.5 Å². The van der Waals surface area contributed by atoms with Crippen LogP contribution in [0.3, 0.4) is 0 Å². The van der Waals surface area contributed by atoms with E-state index in [0.29, 0.717) is 5.39 Å². The number of fused-ring (bicyclic) bond motifs is 1. The van der Waals surface area contributed by atoms with Crippen LogP contribution in [0.1, 0.15) is 26.3 Å². The molecule has 2 aromatic rings. The summed E-state index contributed by atoms with van der Waals surface area (Å²) < 4.78 is 13.9. The third-order valence-corrected chi connectivity index (χ3v) is 2.97. The van der Waals surface area contributed by atoms with Gasteiger partial charge in [-0.25, -0.2) is 4.39 Å². The van der Waals surface area contributed by atoms with Crippen LogP contribution >= 0.6 is 0 Å². The minimum Gasteiger partial charge on any atom is -0.258 e. The fourth-order valence-electron chi connectivity index (χ4n) is 2.15. The van der Waals surface area contributed by atoms with Crippen molar-refractivity contribution in [2.24, 2.45) is 0 Å². The molecule has 0 heterocycles. The topological polar surface area (TPSA) is 43.1 Å². The molecule has 2 rings (SSSR count). The average molecular weight is 247 g/mol. The number of non-ortho nitro benzene ring substituents is 1. The van der Waals surface area contributed by atoms with Gasteiger partial charge in [0.2, 0.25) is 0 Å². The second-order valence-electron chi connectivity index (χ2n) is 5.30. The maximum absolute atomic E-state index is 13.9. The highest BCUT2D eigenvalue weighted by atomic mass is 19.1. The number of rotatable bonds is 1. The summed E-state index contributed by atoms with van der Waals surface area (Å²) in [6.45, 7) is 6.00. The summed E-state index contributed by atoms with van der Waals surface area (Å²) in [5, 5.41) is 11.7. The molecule has 18 heavy (non-hydrogen) atoms. The quantitative estimate of drug-likeness (QED) is 0.560. The molecule has 4 heteroatoms. The Labute approximate surface area is 104 Å². The molecule has 0 saturated carbocycles. The Morgan fingerprint density at radius 1 is 1.17 bits per heavy atom. The van der Waals surface area contributed by atoms with Crippen LogP contribution in [-0.2, 0) is 5.41 Å². The zero-order valence-electron chi connectivity index (χ0n) is 10.5. The predicted molar refractivity (Wildman–Crippen MR) is 69.3 cm³/mol. The predicted octanol–water partition coefficient (Wildman–Crippen LogP) is 4.18. The van der Waals surface area contributed by atoms with Crippen LogP contribution in [0.2, 0.25) is 0 Å². The Morgan fingerprint density at radius 2 is 1.83 bits per heavy atom. The second kappa shape index (κ2) is 4.05. The molecular weight excluding hydrogens is 233 g/mol. The van der Waals surface area contributed by atoms with Crippen molar-refractivity contribution in [2.75, 3.05) is 0 Å². The molecule has 0 saturated heterocycles.